The average Bonchev–Trinajstić information content (AvgIpc) is 2.38. The Labute approximate surface area is 110 Å². The van der Waals surface area contributed by atoms with Crippen LogP contribution in [0.3, 0.4) is 0 Å². The summed E-state index contributed by atoms with van der Waals surface area (Å²) in [5, 5.41) is 6.15. The van der Waals surface area contributed by atoms with E-state index in [4.69, 9.17) is 0 Å². The van der Waals surface area contributed by atoms with Gasteiger partial charge in [-0.3, -0.25) is 4.79 Å². The highest BCUT2D eigenvalue weighted by Gasteiger charge is 2.17. The third kappa shape index (κ3) is 3.57. The Morgan fingerprint density at radius 1 is 1.33 bits per heavy atom. The first-order valence-corrected chi connectivity index (χ1v) is 6.67. The summed E-state index contributed by atoms with van der Waals surface area (Å²) in [5.41, 5.74) is 3.31. The van der Waals surface area contributed by atoms with Gasteiger partial charge in [-0.2, -0.15) is 0 Å². The minimum absolute atomic E-state index is 0.0271. The van der Waals surface area contributed by atoms with Crippen molar-refractivity contribution in [1.82, 2.24) is 5.32 Å². The highest BCUT2D eigenvalue weighted by molar-refractivity contribution is 5.94. The maximum Gasteiger partial charge on any atom is 0.228 e. The van der Waals surface area contributed by atoms with E-state index in [1.807, 2.05) is 33.0 Å². The molecule has 1 rings (SSSR count). The van der Waals surface area contributed by atoms with E-state index in [9.17, 15) is 4.79 Å². The third-order valence-corrected chi connectivity index (χ3v) is 3.30. The number of para-hydroxylation sites is 1. The number of carbonyl (C=O) groups is 1. The normalized spacial score (nSPS) is 12.2. The highest BCUT2D eigenvalue weighted by Crippen LogP contribution is 2.22. The molecule has 18 heavy (non-hydrogen) atoms. The second-order valence-corrected chi connectivity index (χ2v) is 4.61. The van der Waals surface area contributed by atoms with Crippen molar-refractivity contribution in [2.45, 2.75) is 33.6 Å². The summed E-state index contributed by atoms with van der Waals surface area (Å²) < 4.78 is 0. The van der Waals surface area contributed by atoms with Crippen LogP contribution in [0.2, 0.25) is 0 Å². The zero-order valence-corrected chi connectivity index (χ0v) is 11.8. The maximum atomic E-state index is 12.2. The van der Waals surface area contributed by atoms with E-state index in [1.54, 1.807) is 0 Å². The van der Waals surface area contributed by atoms with Crippen molar-refractivity contribution in [1.29, 1.82) is 0 Å². The number of hydrogen-bond acceptors (Lipinski definition) is 2. The fourth-order valence-electron chi connectivity index (χ4n) is 2.10. The molecule has 1 atom stereocenters. The number of rotatable bonds is 6. The van der Waals surface area contributed by atoms with E-state index in [0.29, 0.717) is 0 Å². The van der Waals surface area contributed by atoms with E-state index in [0.717, 1.165) is 30.6 Å². The number of hydrogen-bond donors (Lipinski definition) is 2. The van der Waals surface area contributed by atoms with Gasteiger partial charge in [0.05, 0.1) is 5.92 Å². The maximum absolute atomic E-state index is 12.2. The molecular formula is C15H24N2O. The lowest BCUT2D eigenvalue weighted by Crippen LogP contribution is -2.31. The smallest absolute Gasteiger partial charge is 0.228 e. The van der Waals surface area contributed by atoms with Gasteiger partial charge in [0.2, 0.25) is 5.91 Å². The Kier molecular flexibility index (Phi) is 5.86. The fourth-order valence-corrected chi connectivity index (χ4v) is 2.10. The topological polar surface area (TPSA) is 41.1 Å². The summed E-state index contributed by atoms with van der Waals surface area (Å²) in [5.74, 6) is 0.134. The molecule has 0 fully saturated rings. The quantitative estimate of drug-likeness (QED) is 0.812. The zero-order valence-electron chi connectivity index (χ0n) is 11.8. The van der Waals surface area contributed by atoms with Crippen molar-refractivity contribution in [3.05, 3.63) is 29.3 Å². The summed E-state index contributed by atoms with van der Waals surface area (Å²) in [4.78, 5) is 12.2. The first-order valence-electron chi connectivity index (χ1n) is 6.67. The predicted molar refractivity (Wildman–Crippen MR) is 76.9 cm³/mol. The van der Waals surface area contributed by atoms with Crippen LogP contribution in [0.1, 0.15) is 31.4 Å². The fraction of sp³-hybridized carbons (Fsp3) is 0.533. The minimum Gasteiger partial charge on any atom is -0.325 e. The second-order valence-electron chi connectivity index (χ2n) is 4.61. The predicted octanol–water partition coefficient (Wildman–Crippen LogP) is 2.74. The van der Waals surface area contributed by atoms with Crippen LogP contribution in [0.5, 0.6) is 0 Å². The average molecular weight is 248 g/mol. The molecule has 0 heterocycles. The molecule has 0 aromatic heterocycles. The van der Waals surface area contributed by atoms with Gasteiger partial charge in [-0.1, -0.05) is 32.0 Å². The van der Waals surface area contributed by atoms with Crippen molar-refractivity contribution in [3.8, 4) is 0 Å². The molecule has 0 aliphatic carbocycles. The molecule has 1 aromatic carbocycles. The Morgan fingerprint density at radius 3 is 2.61 bits per heavy atom. The largest absolute Gasteiger partial charge is 0.325 e. The Hall–Kier alpha value is -1.35. The van der Waals surface area contributed by atoms with Gasteiger partial charge in [0.15, 0.2) is 0 Å². The van der Waals surface area contributed by atoms with Gasteiger partial charge in [0.1, 0.15) is 0 Å². The molecule has 3 heteroatoms. The highest BCUT2D eigenvalue weighted by atomic mass is 16.1. The van der Waals surface area contributed by atoms with Gasteiger partial charge >= 0.3 is 0 Å². The lowest BCUT2D eigenvalue weighted by Gasteiger charge is -2.18. The molecule has 0 saturated heterocycles. The molecule has 1 aromatic rings. The van der Waals surface area contributed by atoms with Gasteiger partial charge in [-0.15, -0.1) is 0 Å². The van der Waals surface area contributed by atoms with Crippen molar-refractivity contribution >= 4 is 11.6 Å². The van der Waals surface area contributed by atoms with Crippen molar-refractivity contribution in [2.24, 2.45) is 5.92 Å². The van der Waals surface area contributed by atoms with Crippen molar-refractivity contribution in [3.63, 3.8) is 0 Å². The number of benzene rings is 1. The van der Waals surface area contributed by atoms with Crippen LogP contribution in [0.4, 0.5) is 5.69 Å². The molecular weight excluding hydrogens is 224 g/mol. The lowest BCUT2D eigenvalue weighted by atomic mass is 10.0. The van der Waals surface area contributed by atoms with Gasteiger partial charge in [0.25, 0.3) is 0 Å². The summed E-state index contributed by atoms with van der Waals surface area (Å²) in [6.45, 7) is 6.90. The van der Waals surface area contributed by atoms with Crippen LogP contribution < -0.4 is 10.6 Å². The van der Waals surface area contributed by atoms with Crippen LogP contribution in [-0.4, -0.2) is 19.5 Å². The summed E-state index contributed by atoms with van der Waals surface area (Å²) >= 11 is 0. The second kappa shape index (κ2) is 7.17. The minimum atomic E-state index is 0.0271. The third-order valence-electron chi connectivity index (χ3n) is 3.30. The molecule has 0 aliphatic heterocycles. The number of anilines is 1. The van der Waals surface area contributed by atoms with Gasteiger partial charge in [-0.05, 0) is 37.9 Å². The standard InChI is InChI=1S/C15H24N2O/c1-5-12-9-7-8-11(3)14(12)17-15(18)13(6-2)10-16-4/h7-9,13,16H,5-6,10H2,1-4H3,(H,17,18). The molecule has 2 N–H and O–H groups in total. The van der Waals surface area contributed by atoms with E-state index in [2.05, 4.69) is 23.6 Å². The number of nitrogens with one attached hydrogen (secondary N) is 2. The van der Waals surface area contributed by atoms with Gasteiger partial charge in [0, 0.05) is 12.2 Å². The van der Waals surface area contributed by atoms with Gasteiger partial charge in [-0.25, -0.2) is 0 Å². The Balaban J connectivity index is 2.86. The lowest BCUT2D eigenvalue weighted by molar-refractivity contribution is -0.119. The van der Waals surface area contributed by atoms with Crippen LogP contribution in [-0.2, 0) is 11.2 Å². The molecule has 3 nitrogen and oxygen atoms in total. The molecule has 1 amide bonds. The van der Waals surface area contributed by atoms with Gasteiger partial charge < -0.3 is 10.6 Å². The SMILES string of the molecule is CCc1cccc(C)c1NC(=O)C(CC)CNC. The molecule has 0 bridgehead atoms. The number of amides is 1. The van der Waals surface area contributed by atoms with E-state index in [1.165, 1.54) is 5.56 Å². The van der Waals surface area contributed by atoms with E-state index in [-0.39, 0.29) is 11.8 Å². The molecule has 0 aliphatic rings. The molecule has 0 spiro atoms. The number of aryl methyl sites for hydroxylation is 2. The van der Waals surface area contributed by atoms with Crippen molar-refractivity contribution in [2.75, 3.05) is 18.9 Å². The first-order chi connectivity index (χ1) is 8.63. The zero-order chi connectivity index (χ0) is 13.5. The first kappa shape index (κ1) is 14.7. The molecule has 0 radical (unpaired) electrons. The number of carbonyl (C=O) groups excluding carboxylic acids is 1. The van der Waals surface area contributed by atoms with Crippen molar-refractivity contribution < 1.29 is 4.79 Å². The summed E-state index contributed by atoms with van der Waals surface area (Å²) in [7, 11) is 1.88. The summed E-state index contributed by atoms with van der Waals surface area (Å²) in [6.07, 6.45) is 1.78. The molecule has 0 saturated carbocycles. The van der Waals surface area contributed by atoms with Crippen LogP contribution >= 0.6 is 0 Å². The van der Waals surface area contributed by atoms with Crippen LogP contribution in [0.25, 0.3) is 0 Å². The Bertz CT molecular complexity index is 401. The molecule has 100 valence electrons. The Morgan fingerprint density at radius 2 is 2.06 bits per heavy atom. The monoisotopic (exact) mass is 248 g/mol. The van der Waals surface area contributed by atoms with E-state index >= 15 is 0 Å². The molecule has 1 unspecified atom stereocenters. The van der Waals surface area contributed by atoms with E-state index < -0.39 is 0 Å². The summed E-state index contributed by atoms with van der Waals surface area (Å²) in [6, 6.07) is 6.14. The van der Waals surface area contributed by atoms with Crippen LogP contribution in [0.15, 0.2) is 18.2 Å². The van der Waals surface area contributed by atoms with Crippen LogP contribution in [0, 0.1) is 12.8 Å².